The number of aromatic nitrogens is 3. The fraction of sp³-hybridized carbons (Fsp3) is 0.160. The lowest BCUT2D eigenvalue weighted by Gasteiger charge is -2.39. The summed E-state index contributed by atoms with van der Waals surface area (Å²) in [5.74, 6) is -0.777. The average molecular weight is 520 g/mol. The highest BCUT2D eigenvalue weighted by atomic mass is 32.2. The highest BCUT2D eigenvalue weighted by Crippen LogP contribution is 2.30. The maximum absolute atomic E-state index is 12.9. The summed E-state index contributed by atoms with van der Waals surface area (Å²) >= 11 is 1.30. The van der Waals surface area contributed by atoms with Gasteiger partial charge in [-0.2, -0.15) is 0 Å². The molecule has 4 aromatic rings. The Morgan fingerprint density at radius 3 is 2.53 bits per heavy atom. The van der Waals surface area contributed by atoms with Crippen molar-refractivity contribution in [1.29, 1.82) is 0 Å². The maximum Gasteiger partial charge on any atom is 0.256 e. The number of benzene rings is 1. The molecule has 4 heterocycles. The Labute approximate surface area is 211 Å². The zero-order valence-corrected chi connectivity index (χ0v) is 20.8. The molecule has 0 unspecified atom stereocenters. The van der Waals surface area contributed by atoms with Crippen molar-refractivity contribution in [2.24, 2.45) is 0 Å². The molecule has 182 valence electrons. The monoisotopic (exact) mass is 519 g/mol. The molecule has 0 bridgehead atoms. The van der Waals surface area contributed by atoms with Gasteiger partial charge in [0.15, 0.2) is 15.0 Å². The van der Waals surface area contributed by atoms with Crippen LogP contribution in [0.3, 0.4) is 0 Å². The van der Waals surface area contributed by atoms with Crippen LogP contribution >= 0.6 is 11.3 Å². The smallest absolute Gasteiger partial charge is 0.256 e. The molecule has 1 saturated heterocycles. The zero-order chi connectivity index (χ0) is 25.3. The van der Waals surface area contributed by atoms with Crippen LogP contribution in [-0.4, -0.2) is 58.9 Å². The molecule has 1 fully saturated rings. The van der Waals surface area contributed by atoms with Crippen molar-refractivity contribution in [2.75, 3.05) is 18.1 Å². The predicted molar refractivity (Wildman–Crippen MR) is 136 cm³/mol. The Kier molecular flexibility index (Phi) is 6.33. The molecule has 36 heavy (non-hydrogen) atoms. The number of carbonyl (C=O) groups excluding carboxylic acids is 2. The third-order valence-electron chi connectivity index (χ3n) is 5.88. The standard InChI is InChI=1S/C25H21N5O4S2/c1-36(33,34)20-12-19(13-27-14-20)24(32)30-10-7-22(30)23(31)29-25-28-21(15-35-25)18-4-2-3-17(11-18)16-5-8-26-9-6-16/h2-6,8-9,11-15,22H,7,10H2,1H3,(H,28,29,31)/t22-/m1/s1. The highest BCUT2D eigenvalue weighted by Gasteiger charge is 2.38. The Hall–Kier alpha value is -3.96. The minimum absolute atomic E-state index is 0.0433. The summed E-state index contributed by atoms with van der Waals surface area (Å²) in [6.45, 7) is 0.394. The van der Waals surface area contributed by atoms with Crippen molar-refractivity contribution in [3.05, 3.63) is 78.2 Å². The van der Waals surface area contributed by atoms with Crippen LogP contribution in [0.5, 0.6) is 0 Å². The number of nitrogens with zero attached hydrogens (tertiary/aromatic N) is 4. The van der Waals surface area contributed by atoms with Crippen molar-refractivity contribution in [3.8, 4) is 22.4 Å². The van der Waals surface area contributed by atoms with Crippen LogP contribution < -0.4 is 5.32 Å². The number of likely N-dealkylation sites (tertiary alicyclic amines) is 1. The summed E-state index contributed by atoms with van der Waals surface area (Å²) in [4.78, 5) is 39.6. The van der Waals surface area contributed by atoms with Crippen LogP contribution in [0, 0.1) is 0 Å². The Bertz CT molecular complexity index is 1550. The van der Waals surface area contributed by atoms with Gasteiger partial charge in [-0.25, -0.2) is 13.4 Å². The first-order chi connectivity index (χ1) is 17.3. The molecule has 1 atom stereocenters. The second kappa shape index (κ2) is 9.59. The number of rotatable bonds is 6. The molecule has 2 amide bonds. The molecule has 0 spiro atoms. The van der Waals surface area contributed by atoms with Crippen LogP contribution in [0.25, 0.3) is 22.4 Å². The van der Waals surface area contributed by atoms with E-state index in [0.717, 1.165) is 28.6 Å². The molecule has 0 radical (unpaired) electrons. The Morgan fingerprint density at radius 2 is 1.81 bits per heavy atom. The number of sulfone groups is 1. The summed E-state index contributed by atoms with van der Waals surface area (Å²) in [5, 5.41) is 5.11. The number of amides is 2. The van der Waals surface area contributed by atoms with E-state index >= 15 is 0 Å². The number of hydrogen-bond acceptors (Lipinski definition) is 8. The number of thiazole rings is 1. The third kappa shape index (κ3) is 4.88. The second-order valence-corrected chi connectivity index (χ2v) is 11.2. The van der Waals surface area contributed by atoms with E-state index < -0.39 is 21.8 Å². The molecule has 0 aliphatic carbocycles. The SMILES string of the molecule is CS(=O)(=O)c1cncc(C(=O)N2CC[C@@H]2C(=O)Nc2nc(-c3cccc(-c4ccncc4)c3)cs2)c1. The Morgan fingerprint density at radius 1 is 1.03 bits per heavy atom. The quantitative estimate of drug-likeness (QED) is 0.414. The van der Waals surface area contributed by atoms with Crippen molar-refractivity contribution in [2.45, 2.75) is 17.4 Å². The number of hydrogen-bond donors (Lipinski definition) is 1. The van der Waals surface area contributed by atoms with Gasteiger partial charge in [-0.3, -0.25) is 19.6 Å². The first kappa shape index (κ1) is 23.8. The fourth-order valence-corrected chi connectivity index (χ4v) is 5.18. The van der Waals surface area contributed by atoms with Crippen molar-refractivity contribution in [3.63, 3.8) is 0 Å². The van der Waals surface area contributed by atoms with Gasteiger partial charge in [-0.05, 0) is 41.8 Å². The van der Waals surface area contributed by atoms with Crippen molar-refractivity contribution >= 4 is 38.1 Å². The summed E-state index contributed by atoms with van der Waals surface area (Å²) in [5.41, 5.74) is 3.85. The predicted octanol–water partition coefficient (Wildman–Crippen LogP) is 3.52. The van der Waals surface area contributed by atoms with E-state index in [1.165, 1.54) is 34.7 Å². The van der Waals surface area contributed by atoms with Crippen LogP contribution in [0.4, 0.5) is 5.13 Å². The van der Waals surface area contributed by atoms with Gasteiger partial charge >= 0.3 is 0 Å². The molecule has 11 heteroatoms. The molecule has 1 aliphatic heterocycles. The van der Waals surface area contributed by atoms with Gasteiger partial charge in [0.2, 0.25) is 5.91 Å². The Balaban J connectivity index is 1.28. The summed E-state index contributed by atoms with van der Waals surface area (Å²) in [6.07, 6.45) is 7.53. The maximum atomic E-state index is 12.9. The summed E-state index contributed by atoms with van der Waals surface area (Å²) in [7, 11) is -3.51. The van der Waals surface area contributed by atoms with Crippen LogP contribution in [0.1, 0.15) is 16.8 Å². The molecule has 3 aromatic heterocycles. The molecule has 1 N–H and O–H groups in total. The van der Waals surface area contributed by atoms with Gasteiger partial charge in [0, 0.05) is 48.5 Å². The van der Waals surface area contributed by atoms with Crippen LogP contribution in [0.2, 0.25) is 0 Å². The molecule has 1 aliphatic rings. The van der Waals surface area contributed by atoms with Gasteiger partial charge in [-0.1, -0.05) is 18.2 Å². The summed E-state index contributed by atoms with van der Waals surface area (Å²) in [6, 6.07) is 12.4. The van der Waals surface area contributed by atoms with E-state index in [1.54, 1.807) is 12.4 Å². The molecule has 1 aromatic carbocycles. The van der Waals surface area contributed by atoms with Crippen LogP contribution in [-0.2, 0) is 14.6 Å². The largest absolute Gasteiger partial charge is 0.326 e. The van der Waals surface area contributed by atoms with E-state index in [4.69, 9.17) is 0 Å². The van der Waals surface area contributed by atoms with E-state index in [1.807, 2.05) is 41.8 Å². The van der Waals surface area contributed by atoms with E-state index in [9.17, 15) is 18.0 Å². The van der Waals surface area contributed by atoms with Gasteiger partial charge in [0.1, 0.15) is 6.04 Å². The van der Waals surface area contributed by atoms with Crippen molar-refractivity contribution < 1.29 is 18.0 Å². The normalized spacial score (nSPS) is 15.2. The topological polar surface area (TPSA) is 122 Å². The van der Waals surface area contributed by atoms with Crippen LogP contribution in [0.15, 0.2) is 77.5 Å². The second-order valence-electron chi connectivity index (χ2n) is 8.33. The lowest BCUT2D eigenvalue weighted by atomic mass is 10.0. The minimum atomic E-state index is -3.51. The fourth-order valence-electron chi connectivity index (χ4n) is 3.86. The number of pyridine rings is 2. The highest BCUT2D eigenvalue weighted by molar-refractivity contribution is 7.90. The zero-order valence-electron chi connectivity index (χ0n) is 19.2. The lowest BCUT2D eigenvalue weighted by molar-refractivity contribution is -0.123. The number of carbonyl (C=O) groups is 2. The third-order valence-corrected chi connectivity index (χ3v) is 7.72. The molecule has 9 nitrogen and oxygen atoms in total. The summed E-state index contributed by atoms with van der Waals surface area (Å²) < 4.78 is 23.6. The minimum Gasteiger partial charge on any atom is -0.326 e. The van der Waals surface area contributed by atoms with Gasteiger partial charge in [0.25, 0.3) is 5.91 Å². The number of nitrogens with one attached hydrogen (secondary N) is 1. The molecule has 5 rings (SSSR count). The number of anilines is 1. The van der Waals surface area contributed by atoms with E-state index in [-0.39, 0.29) is 16.4 Å². The molecular weight excluding hydrogens is 498 g/mol. The first-order valence-electron chi connectivity index (χ1n) is 11.0. The van der Waals surface area contributed by atoms with Gasteiger partial charge in [0.05, 0.1) is 16.2 Å². The lowest BCUT2D eigenvalue weighted by Crippen LogP contribution is -2.56. The van der Waals surface area contributed by atoms with E-state index in [2.05, 4.69) is 20.3 Å². The average Bonchev–Trinajstić information content (AvgIpc) is 3.32. The van der Waals surface area contributed by atoms with Gasteiger partial charge < -0.3 is 10.2 Å². The molecule has 0 saturated carbocycles. The first-order valence-corrected chi connectivity index (χ1v) is 13.8. The molecular formula is C25H21N5O4S2. The van der Waals surface area contributed by atoms with Gasteiger partial charge in [-0.15, -0.1) is 11.3 Å². The van der Waals surface area contributed by atoms with E-state index in [0.29, 0.717) is 18.1 Å². The van der Waals surface area contributed by atoms with Crippen molar-refractivity contribution in [1.82, 2.24) is 19.9 Å².